The number of esters is 2. The van der Waals surface area contributed by atoms with Gasteiger partial charge in [-0.1, -0.05) is 162 Å². The van der Waals surface area contributed by atoms with Gasteiger partial charge in [0.25, 0.3) is 0 Å². The highest BCUT2D eigenvalue weighted by molar-refractivity contribution is 5.69. The van der Waals surface area contributed by atoms with Crippen LogP contribution in [-0.2, 0) is 19.1 Å². The predicted octanol–water partition coefficient (Wildman–Crippen LogP) is 13.4. The lowest BCUT2D eigenvalue weighted by Gasteiger charge is -2.22. The number of carbonyl (C=O) groups excluding carboxylic acids is 2. The van der Waals surface area contributed by atoms with Crippen molar-refractivity contribution in [2.45, 2.75) is 252 Å². The zero-order valence-electron chi connectivity index (χ0n) is 35.4. The van der Waals surface area contributed by atoms with Gasteiger partial charge in [0.1, 0.15) is 6.10 Å². The molecule has 310 valence electrons. The molecule has 0 saturated heterocycles. The Hall–Kier alpha value is -1.14. The van der Waals surface area contributed by atoms with Gasteiger partial charge >= 0.3 is 11.9 Å². The first kappa shape index (κ1) is 50.9. The van der Waals surface area contributed by atoms with E-state index in [1.165, 1.54) is 141 Å². The molecule has 0 amide bonds. The second-order valence-corrected chi connectivity index (χ2v) is 15.9. The van der Waals surface area contributed by atoms with Crippen molar-refractivity contribution in [1.82, 2.24) is 4.90 Å². The normalized spacial score (nSPS) is 11.6. The zero-order valence-corrected chi connectivity index (χ0v) is 35.4. The molecule has 0 rings (SSSR count). The fourth-order valence-electron chi connectivity index (χ4n) is 7.18. The van der Waals surface area contributed by atoms with Crippen LogP contribution >= 0.6 is 0 Å². The molecular formula is C46H91NO5. The second kappa shape index (κ2) is 42.6. The average Bonchev–Trinajstić information content (AvgIpc) is 3.14. The predicted molar refractivity (Wildman–Crippen MR) is 223 cm³/mol. The van der Waals surface area contributed by atoms with Crippen LogP contribution in [-0.4, -0.2) is 60.9 Å². The van der Waals surface area contributed by atoms with Gasteiger partial charge in [-0.15, -0.1) is 0 Å². The van der Waals surface area contributed by atoms with Crippen molar-refractivity contribution in [3.05, 3.63) is 0 Å². The van der Waals surface area contributed by atoms with E-state index >= 15 is 0 Å². The largest absolute Gasteiger partial charge is 0.466 e. The third-order valence-corrected chi connectivity index (χ3v) is 10.7. The molecule has 1 N–H and O–H groups in total. The number of carbonyl (C=O) groups is 2. The summed E-state index contributed by atoms with van der Waals surface area (Å²) in [7, 11) is 0. The number of aliphatic hydroxyl groups excluding tert-OH is 1. The fourth-order valence-corrected chi connectivity index (χ4v) is 7.18. The van der Waals surface area contributed by atoms with Crippen LogP contribution in [0.3, 0.4) is 0 Å². The molecular weight excluding hydrogens is 647 g/mol. The van der Waals surface area contributed by atoms with Gasteiger partial charge in [0, 0.05) is 19.4 Å². The van der Waals surface area contributed by atoms with Crippen molar-refractivity contribution in [3.8, 4) is 0 Å². The van der Waals surface area contributed by atoms with Gasteiger partial charge in [-0.25, -0.2) is 0 Å². The van der Waals surface area contributed by atoms with Crippen LogP contribution in [0, 0.1) is 0 Å². The number of aliphatic hydroxyl groups is 1. The van der Waals surface area contributed by atoms with Crippen LogP contribution in [0.4, 0.5) is 0 Å². The number of unbranched alkanes of at least 4 members (excludes halogenated alkanes) is 25. The van der Waals surface area contributed by atoms with Crippen molar-refractivity contribution in [2.75, 3.05) is 32.8 Å². The molecule has 0 bridgehead atoms. The summed E-state index contributed by atoms with van der Waals surface area (Å²) in [6, 6.07) is 0. The van der Waals surface area contributed by atoms with E-state index in [1.54, 1.807) is 0 Å². The summed E-state index contributed by atoms with van der Waals surface area (Å²) in [5.74, 6) is -0.0159. The summed E-state index contributed by atoms with van der Waals surface area (Å²) in [5.41, 5.74) is 0. The average molecular weight is 738 g/mol. The Labute approximate surface area is 324 Å². The third-order valence-electron chi connectivity index (χ3n) is 10.7. The van der Waals surface area contributed by atoms with E-state index < -0.39 is 0 Å². The van der Waals surface area contributed by atoms with E-state index in [9.17, 15) is 14.7 Å². The van der Waals surface area contributed by atoms with Gasteiger partial charge in [0.05, 0.1) is 6.61 Å². The number of nitrogens with zero attached hydrogens (tertiary/aromatic N) is 1. The van der Waals surface area contributed by atoms with Crippen LogP contribution in [0.15, 0.2) is 0 Å². The maximum absolute atomic E-state index is 12.7. The van der Waals surface area contributed by atoms with Crippen molar-refractivity contribution >= 4 is 11.9 Å². The molecule has 52 heavy (non-hydrogen) atoms. The minimum atomic E-state index is -0.0335. The molecule has 0 aliphatic carbocycles. The standard InChI is InChI=1S/C46H91NO5/c1-4-7-10-13-16-17-18-24-34-43-51-45(49)37-29-25-31-40-47(41-32-33-42-48)39-30-23-19-22-28-38-46(50)52-44(35-26-20-14-11-8-5-2)36-27-21-15-12-9-6-3/h44,48H,4-43H2,1-3H3. The van der Waals surface area contributed by atoms with Crippen LogP contribution < -0.4 is 0 Å². The molecule has 6 nitrogen and oxygen atoms in total. The van der Waals surface area contributed by atoms with Crippen molar-refractivity contribution in [1.29, 1.82) is 0 Å². The van der Waals surface area contributed by atoms with E-state index in [0.29, 0.717) is 19.4 Å². The van der Waals surface area contributed by atoms with Gasteiger partial charge in [0.15, 0.2) is 0 Å². The molecule has 0 spiro atoms. The molecule has 0 aromatic heterocycles. The molecule has 0 aromatic rings. The minimum Gasteiger partial charge on any atom is -0.466 e. The first-order valence-corrected chi connectivity index (χ1v) is 23.3. The fraction of sp³-hybridized carbons (Fsp3) is 0.957. The van der Waals surface area contributed by atoms with Crippen LogP contribution in [0.1, 0.15) is 245 Å². The minimum absolute atomic E-state index is 0.0177. The summed E-state index contributed by atoms with van der Waals surface area (Å²) in [5, 5.41) is 9.27. The molecule has 0 aromatic carbocycles. The quantitative estimate of drug-likeness (QED) is 0.0496. The summed E-state index contributed by atoms with van der Waals surface area (Å²) in [4.78, 5) is 27.4. The summed E-state index contributed by atoms with van der Waals surface area (Å²) >= 11 is 0. The van der Waals surface area contributed by atoms with E-state index in [4.69, 9.17) is 9.47 Å². The lowest BCUT2D eigenvalue weighted by molar-refractivity contribution is -0.150. The van der Waals surface area contributed by atoms with Gasteiger partial charge in [-0.2, -0.15) is 0 Å². The Balaban J connectivity index is 4.11. The third kappa shape index (κ3) is 38.6. The first-order chi connectivity index (χ1) is 25.6. The monoisotopic (exact) mass is 738 g/mol. The van der Waals surface area contributed by atoms with Gasteiger partial charge in [-0.3, -0.25) is 9.59 Å². The summed E-state index contributed by atoms with van der Waals surface area (Å²) in [6.45, 7) is 10.8. The van der Waals surface area contributed by atoms with Crippen molar-refractivity contribution in [2.24, 2.45) is 0 Å². The van der Waals surface area contributed by atoms with Crippen LogP contribution in [0.2, 0.25) is 0 Å². The Morgan fingerprint density at radius 1 is 0.442 bits per heavy atom. The highest BCUT2D eigenvalue weighted by Gasteiger charge is 2.14. The smallest absolute Gasteiger partial charge is 0.306 e. The van der Waals surface area contributed by atoms with Gasteiger partial charge in [0.2, 0.25) is 0 Å². The van der Waals surface area contributed by atoms with E-state index in [0.717, 1.165) is 90.3 Å². The van der Waals surface area contributed by atoms with Gasteiger partial charge in [-0.05, 0) is 90.3 Å². The number of ether oxygens (including phenoxy) is 2. The van der Waals surface area contributed by atoms with Crippen molar-refractivity contribution < 1.29 is 24.2 Å². The molecule has 0 heterocycles. The van der Waals surface area contributed by atoms with E-state index in [1.807, 2.05) is 0 Å². The lowest BCUT2D eigenvalue weighted by atomic mass is 10.0. The number of hydrogen-bond donors (Lipinski definition) is 1. The van der Waals surface area contributed by atoms with Crippen molar-refractivity contribution in [3.63, 3.8) is 0 Å². The topological polar surface area (TPSA) is 76.1 Å². The zero-order chi connectivity index (χ0) is 38.0. The van der Waals surface area contributed by atoms with Crippen LogP contribution in [0.25, 0.3) is 0 Å². The van der Waals surface area contributed by atoms with E-state index in [2.05, 4.69) is 25.7 Å². The molecule has 0 saturated carbocycles. The first-order valence-electron chi connectivity index (χ1n) is 23.3. The lowest BCUT2D eigenvalue weighted by Crippen LogP contribution is -2.27. The van der Waals surface area contributed by atoms with Gasteiger partial charge < -0.3 is 19.5 Å². The Morgan fingerprint density at radius 2 is 0.808 bits per heavy atom. The Kier molecular flexibility index (Phi) is 41.7. The molecule has 0 aliphatic heterocycles. The summed E-state index contributed by atoms with van der Waals surface area (Å²) in [6.07, 6.45) is 40.7. The Morgan fingerprint density at radius 3 is 1.29 bits per heavy atom. The SMILES string of the molecule is CCCCCCCCCCCOC(=O)CCCCCN(CCCCO)CCCCCCCC(=O)OC(CCCCCCCC)CCCCCCCC. The maximum Gasteiger partial charge on any atom is 0.306 e. The Bertz CT molecular complexity index is 716. The molecule has 0 unspecified atom stereocenters. The number of hydrogen-bond acceptors (Lipinski definition) is 6. The van der Waals surface area contributed by atoms with Crippen LogP contribution in [0.5, 0.6) is 0 Å². The second-order valence-electron chi connectivity index (χ2n) is 15.9. The maximum atomic E-state index is 12.7. The van der Waals surface area contributed by atoms with E-state index in [-0.39, 0.29) is 24.6 Å². The molecule has 0 radical (unpaired) electrons. The highest BCUT2D eigenvalue weighted by Crippen LogP contribution is 2.18. The molecule has 0 fully saturated rings. The summed E-state index contributed by atoms with van der Waals surface area (Å²) < 4.78 is 11.5. The molecule has 0 atom stereocenters. The highest BCUT2D eigenvalue weighted by atomic mass is 16.5. The molecule has 6 heteroatoms. The molecule has 0 aliphatic rings. The number of rotatable bonds is 43.